The van der Waals surface area contributed by atoms with Crippen LogP contribution in [0.25, 0.3) is 11.1 Å². The SMILES string of the molecule is Cl.N.[Zn].c1ccc(-c2ccccc2)cc1. The molecule has 0 aliphatic carbocycles. The van der Waals surface area contributed by atoms with Gasteiger partial charge in [-0.3, -0.25) is 0 Å². The molecule has 0 radical (unpaired) electrons. The topological polar surface area (TPSA) is 35.0 Å². The molecule has 0 saturated heterocycles. The molecule has 3 N–H and O–H groups in total. The fourth-order valence-electron chi connectivity index (χ4n) is 1.26. The first-order chi connectivity index (χ1) is 5.97. The van der Waals surface area contributed by atoms with E-state index >= 15 is 0 Å². The Hall–Kier alpha value is -0.687. The first-order valence-corrected chi connectivity index (χ1v) is 4.07. The standard InChI is InChI=1S/C12H10.ClH.H3N.Zn/c1-3-7-11(8-4-1)12-9-5-2-6-10-12;;;/h1-10H;1H;1H3;. The van der Waals surface area contributed by atoms with Crippen LogP contribution in [0.2, 0.25) is 0 Å². The Morgan fingerprint density at radius 2 is 0.800 bits per heavy atom. The monoisotopic (exact) mass is 271 g/mol. The Morgan fingerprint density at radius 1 is 0.533 bits per heavy atom. The normalized spacial score (nSPS) is 7.73. The molecule has 0 heterocycles. The number of halogens is 1. The van der Waals surface area contributed by atoms with E-state index in [1.54, 1.807) is 0 Å². The van der Waals surface area contributed by atoms with Crippen molar-refractivity contribution in [3.63, 3.8) is 0 Å². The van der Waals surface area contributed by atoms with Crippen molar-refractivity contribution in [3.05, 3.63) is 60.7 Å². The van der Waals surface area contributed by atoms with E-state index in [1.165, 1.54) is 11.1 Å². The van der Waals surface area contributed by atoms with E-state index in [-0.39, 0.29) is 38.0 Å². The van der Waals surface area contributed by atoms with Gasteiger partial charge in [-0.1, -0.05) is 60.7 Å². The van der Waals surface area contributed by atoms with Crippen molar-refractivity contribution in [2.24, 2.45) is 0 Å². The quantitative estimate of drug-likeness (QED) is 0.785. The van der Waals surface area contributed by atoms with Gasteiger partial charge in [0, 0.05) is 19.5 Å². The largest absolute Gasteiger partial charge is 0.344 e. The number of hydrogen-bond donors (Lipinski definition) is 1. The summed E-state index contributed by atoms with van der Waals surface area (Å²) in [6.07, 6.45) is 0. The van der Waals surface area contributed by atoms with Crippen LogP contribution >= 0.6 is 12.4 Å². The van der Waals surface area contributed by atoms with E-state index in [0.29, 0.717) is 0 Å². The van der Waals surface area contributed by atoms with Crippen molar-refractivity contribution in [3.8, 4) is 11.1 Å². The van der Waals surface area contributed by atoms with Gasteiger partial charge < -0.3 is 6.15 Å². The van der Waals surface area contributed by atoms with Crippen molar-refractivity contribution >= 4 is 12.4 Å². The maximum atomic E-state index is 2.12. The van der Waals surface area contributed by atoms with Crippen molar-refractivity contribution in [2.75, 3.05) is 0 Å². The Labute approximate surface area is 110 Å². The van der Waals surface area contributed by atoms with Gasteiger partial charge in [0.25, 0.3) is 0 Å². The van der Waals surface area contributed by atoms with Crippen molar-refractivity contribution in [1.29, 1.82) is 0 Å². The Balaban J connectivity index is 0. The molecule has 15 heavy (non-hydrogen) atoms. The van der Waals surface area contributed by atoms with E-state index in [0.717, 1.165) is 0 Å². The summed E-state index contributed by atoms with van der Waals surface area (Å²) >= 11 is 0. The molecule has 2 rings (SSSR count). The van der Waals surface area contributed by atoms with E-state index < -0.39 is 0 Å². The third-order valence-electron chi connectivity index (χ3n) is 1.88. The van der Waals surface area contributed by atoms with Crippen LogP contribution in [0.15, 0.2) is 60.7 Å². The zero-order chi connectivity index (χ0) is 8.23. The predicted molar refractivity (Wildman–Crippen MR) is 64.1 cm³/mol. The molecule has 0 unspecified atom stereocenters. The van der Waals surface area contributed by atoms with Crippen LogP contribution in [0.4, 0.5) is 0 Å². The Bertz CT molecular complexity index is 313. The second-order valence-electron chi connectivity index (χ2n) is 2.73. The zero-order valence-electron chi connectivity index (χ0n) is 8.60. The summed E-state index contributed by atoms with van der Waals surface area (Å²) in [7, 11) is 0. The van der Waals surface area contributed by atoms with Crippen molar-refractivity contribution < 1.29 is 19.5 Å². The molecule has 1 nitrogen and oxygen atoms in total. The Kier molecular flexibility index (Phi) is 9.60. The molecule has 2 aromatic carbocycles. The van der Waals surface area contributed by atoms with Crippen LogP contribution in [-0.2, 0) is 19.5 Å². The van der Waals surface area contributed by atoms with Gasteiger partial charge in [0.05, 0.1) is 0 Å². The molecular formula is C12H14ClNZn. The van der Waals surface area contributed by atoms with Gasteiger partial charge in [-0.2, -0.15) is 0 Å². The molecule has 0 aliphatic rings. The van der Waals surface area contributed by atoms with E-state index in [4.69, 9.17) is 0 Å². The molecule has 0 fully saturated rings. The molecule has 0 amide bonds. The predicted octanol–water partition coefficient (Wildman–Crippen LogP) is 3.93. The molecule has 0 bridgehead atoms. The fraction of sp³-hybridized carbons (Fsp3) is 0. The molecule has 76 valence electrons. The smallest absolute Gasteiger partial charge is 0 e. The van der Waals surface area contributed by atoms with E-state index in [9.17, 15) is 0 Å². The molecular weight excluding hydrogens is 259 g/mol. The van der Waals surface area contributed by atoms with Gasteiger partial charge in [0.1, 0.15) is 0 Å². The van der Waals surface area contributed by atoms with Crippen LogP contribution in [0.5, 0.6) is 0 Å². The van der Waals surface area contributed by atoms with Gasteiger partial charge in [0.2, 0.25) is 0 Å². The fourth-order valence-corrected chi connectivity index (χ4v) is 1.26. The average molecular weight is 273 g/mol. The van der Waals surface area contributed by atoms with Gasteiger partial charge in [-0.25, -0.2) is 0 Å². The summed E-state index contributed by atoms with van der Waals surface area (Å²) in [4.78, 5) is 0. The van der Waals surface area contributed by atoms with Gasteiger partial charge in [-0.05, 0) is 11.1 Å². The van der Waals surface area contributed by atoms with Crippen LogP contribution in [-0.4, -0.2) is 0 Å². The molecule has 0 atom stereocenters. The second-order valence-corrected chi connectivity index (χ2v) is 2.73. The van der Waals surface area contributed by atoms with Crippen molar-refractivity contribution in [1.82, 2.24) is 6.15 Å². The maximum Gasteiger partial charge on any atom is 0 e. The van der Waals surface area contributed by atoms with Crippen LogP contribution in [0, 0.1) is 0 Å². The minimum absolute atomic E-state index is 0. The van der Waals surface area contributed by atoms with Gasteiger partial charge >= 0.3 is 0 Å². The summed E-state index contributed by atoms with van der Waals surface area (Å²) in [5.41, 5.74) is 2.55. The number of benzene rings is 2. The van der Waals surface area contributed by atoms with Crippen LogP contribution < -0.4 is 6.15 Å². The summed E-state index contributed by atoms with van der Waals surface area (Å²) in [6, 6.07) is 20.8. The maximum absolute atomic E-state index is 2.12. The first-order valence-electron chi connectivity index (χ1n) is 4.07. The first kappa shape index (κ1) is 16.7. The van der Waals surface area contributed by atoms with Crippen LogP contribution in [0.3, 0.4) is 0 Å². The van der Waals surface area contributed by atoms with E-state index in [2.05, 4.69) is 48.5 Å². The number of rotatable bonds is 1. The van der Waals surface area contributed by atoms with Gasteiger partial charge in [0.15, 0.2) is 0 Å². The third-order valence-corrected chi connectivity index (χ3v) is 1.88. The summed E-state index contributed by atoms with van der Waals surface area (Å²) in [5, 5.41) is 0. The minimum Gasteiger partial charge on any atom is -0.344 e. The molecule has 0 aromatic heterocycles. The van der Waals surface area contributed by atoms with E-state index in [1.807, 2.05) is 12.1 Å². The average Bonchev–Trinajstić information content (AvgIpc) is 2.21. The minimum atomic E-state index is 0. The van der Waals surface area contributed by atoms with Gasteiger partial charge in [-0.15, -0.1) is 12.4 Å². The molecule has 0 aliphatic heterocycles. The molecule has 0 spiro atoms. The second kappa shape index (κ2) is 8.61. The van der Waals surface area contributed by atoms with Crippen molar-refractivity contribution in [2.45, 2.75) is 0 Å². The molecule has 2 aromatic rings. The third kappa shape index (κ3) is 4.57. The number of hydrogen-bond acceptors (Lipinski definition) is 1. The summed E-state index contributed by atoms with van der Waals surface area (Å²) in [5.74, 6) is 0. The van der Waals surface area contributed by atoms with Crippen LogP contribution in [0.1, 0.15) is 0 Å². The summed E-state index contributed by atoms with van der Waals surface area (Å²) in [6.45, 7) is 0. The zero-order valence-corrected chi connectivity index (χ0v) is 12.4. The Morgan fingerprint density at radius 3 is 1.07 bits per heavy atom. The molecule has 3 heteroatoms. The molecule has 0 saturated carbocycles. The summed E-state index contributed by atoms with van der Waals surface area (Å²) < 4.78 is 0.